The molecular weight excluding hydrogens is 84.1 g/mol. The summed E-state index contributed by atoms with van der Waals surface area (Å²) in [5, 5.41) is 0. The first-order valence-electron chi connectivity index (χ1n) is 4.37. The fourth-order valence-corrected chi connectivity index (χ4v) is 0. The van der Waals surface area contributed by atoms with Crippen LogP contribution in [0.4, 0.5) is 0 Å². The third kappa shape index (κ3) is 96.0. The average Bonchev–Trinajstić information content (AvgIpc) is 1.63. The molecule has 2 unspecified atom stereocenters. The minimum atomic E-state index is -0.231. The maximum absolute atomic E-state index is 6.84. The molecule has 0 aromatic rings. The van der Waals surface area contributed by atoms with Crippen LogP contribution in [-0.2, 0) is 0 Å². The fraction of sp³-hybridized carbons (Fsp3) is 1.00. The molecule has 0 fully saturated rings. The van der Waals surface area contributed by atoms with E-state index in [0.717, 1.165) is 0 Å². The van der Waals surface area contributed by atoms with Gasteiger partial charge in [0.05, 0.1) is 0 Å². The molecule has 7 heavy (non-hydrogen) atoms. The molecule has 46 valence electrons. The van der Waals surface area contributed by atoms with Gasteiger partial charge in [-0.2, -0.15) is 0 Å². The normalized spacial score (nSPS) is 22.7. The highest BCUT2D eigenvalue weighted by Crippen LogP contribution is 1.76. The van der Waals surface area contributed by atoms with Crippen molar-refractivity contribution in [3.63, 3.8) is 0 Å². The molecule has 0 saturated carbocycles. The minimum Gasteiger partial charge on any atom is -0.0656 e. The molecule has 0 aliphatic heterocycles. The Balaban J connectivity index is 0. The number of hydrogen-bond acceptors (Lipinski definition) is 0. The average molecular weight is 108 g/mol. The van der Waals surface area contributed by atoms with E-state index in [-0.39, 0.29) is 19.2 Å². The van der Waals surface area contributed by atoms with Crippen LogP contribution in [0.25, 0.3) is 0 Å². The molecule has 0 heteroatoms. The Hall–Kier alpha value is 0. The van der Waals surface area contributed by atoms with Crippen LogP contribution in [0.5, 0.6) is 0 Å². The third-order valence-electron chi connectivity index (χ3n) is 0.333. The predicted molar refractivity (Wildman–Crippen MR) is 36.5 cm³/mol. The highest BCUT2D eigenvalue weighted by atomic mass is 13.6. The largest absolute Gasteiger partial charge is 0.0656 e. The van der Waals surface area contributed by atoms with Gasteiger partial charge in [0.15, 0.2) is 0 Å². The van der Waals surface area contributed by atoms with Crippen molar-refractivity contribution in [1.29, 1.82) is 0 Å². The molecule has 0 rings (SSSR count). The molecule has 0 bridgehead atoms. The quantitative estimate of drug-likeness (QED) is 0.484. The second-order valence-electron chi connectivity index (χ2n) is 1.24. The molecule has 0 nitrogen and oxygen atoms in total. The summed E-state index contributed by atoms with van der Waals surface area (Å²) in [6.07, 6.45) is -0.380. The van der Waals surface area contributed by atoms with Gasteiger partial charge in [0, 0.05) is 4.11 Å². The van der Waals surface area contributed by atoms with Crippen LogP contribution in [-0.4, -0.2) is 0 Å². The van der Waals surface area contributed by atoms with Gasteiger partial charge in [-0.05, 0) is 0 Å². The summed E-state index contributed by atoms with van der Waals surface area (Å²) in [7, 11) is 0. The van der Waals surface area contributed by atoms with Crippen LogP contribution < -0.4 is 0 Å². The first-order chi connectivity index (χ1) is 4.37. The lowest BCUT2D eigenvalue weighted by atomic mass is 10.4. The van der Waals surface area contributed by atoms with Crippen molar-refractivity contribution in [2.24, 2.45) is 0 Å². The minimum absolute atomic E-state index is 0.0833. The standard InChI is InChI=1S/C4H10.C3H8/c1-3-4-2;1-3-2/h3-4H2,1-2H3;3H2,1-2H3/i3T,4T;3T. The highest BCUT2D eigenvalue weighted by Gasteiger charge is 1.56. The van der Waals surface area contributed by atoms with Crippen LogP contribution in [0.2, 0.25) is 0 Å². The Morgan fingerprint density at radius 1 is 1.00 bits per heavy atom. The van der Waals surface area contributed by atoms with Crippen molar-refractivity contribution in [2.45, 2.75) is 46.9 Å². The maximum atomic E-state index is 6.84. The van der Waals surface area contributed by atoms with Crippen LogP contribution in [0, 0.1) is 0 Å². The van der Waals surface area contributed by atoms with E-state index in [9.17, 15) is 0 Å². The van der Waals surface area contributed by atoms with Crippen molar-refractivity contribution in [1.82, 2.24) is 0 Å². The zero-order valence-electron chi connectivity index (χ0n) is 8.73. The summed E-state index contributed by atoms with van der Waals surface area (Å²) in [5.41, 5.74) is 0. The Morgan fingerprint density at radius 3 is 1.14 bits per heavy atom. The Kier molecular flexibility index (Phi) is 9.38. The lowest BCUT2D eigenvalue weighted by Gasteiger charge is -1.68. The van der Waals surface area contributed by atoms with Crippen LogP contribution in [0.15, 0.2) is 0 Å². The molecule has 0 radical (unpaired) electrons. The summed E-state index contributed by atoms with van der Waals surface area (Å²) >= 11 is 0. The second kappa shape index (κ2) is 16.7. The van der Waals surface area contributed by atoms with E-state index in [1.807, 2.05) is 13.8 Å². The second-order valence-corrected chi connectivity index (χ2v) is 1.24. The van der Waals surface area contributed by atoms with Gasteiger partial charge in [-0.25, -0.2) is 0 Å². The monoisotopic (exact) mass is 108 g/mol. The summed E-state index contributed by atoms with van der Waals surface area (Å²) in [6.45, 7) is 7.11. The molecule has 0 heterocycles. The van der Waals surface area contributed by atoms with E-state index >= 15 is 0 Å². The lowest BCUT2D eigenvalue weighted by molar-refractivity contribution is 0.886. The lowest BCUT2D eigenvalue weighted by Crippen LogP contribution is -1.47. The van der Waals surface area contributed by atoms with E-state index in [1.165, 1.54) is 0 Å². The van der Waals surface area contributed by atoms with Gasteiger partial charge in [-0.3, -0.25) is 0 Å². The topological polar surface area (TPSA) is 0 Å². The van der Waals surface area contributed by atoms with E-state index in [1.54, 1.807) is 13.8 Å². The Labute approximate surface area is 52.1 Å². The van der Waals surface area contributed by atoms with Gasteiger partial charge >= 0.3 is 0 Å². The Morgan fingerprint density at radius 2 is 1.14 bits per heavy atom. The van der Waals surface area contributed by atoms with E-state index in [0.29, 0.717) is 0 Å². The molecule has 0 saturated heterocycles. The van der Waals surface area contributed by atoms with E-state index in [2.05, 4.69) is 0 Å². The molecule has 0 aliphatic carbocycles. The summed E-state index contributed by atoms with van der Waals surface area (Å²) in [5.74, 6) is 0. The van der Waals surface area contributed by atoms with Crippen molar-refractivity contribution >= 4 is 0 Å². The first-order valence-corrected chi connectivity index (χ1v) is 2.64. The van der Waals surface area contributed by atoms with Crippen molar-refractivity contribution in [3.05, 3.63) is 0 Å². The molecule has 0 aliphatic rings. The molecule has 2 atom stereocenters. The third-order valence-corrected chi connectivity index (χ3v) is 0.333. The van der Waals surface area contributed by atoms with E-state index < -0.39 is 0 Å². The zero-order valence-corrected chi connectivity index (χ0v) is 5.73. The van der Waals surface area contributed by atoms with Crippen LogP contribution >= 0.6 is 0 Å². The summed E-state index contributed by atoms with van der Waals surface area (Å²) in [6, 6.07) is 0. The summed E-state index contributed by atoms with van der Waals surface area (Å²) in [4.78, 5) is 0. The van der Waals surface area contributed by atoms with Gasteiger partial charge in [0.2, 0.25) is 0 Å². The fourth-order valence-electron chi connectivity index (χ4n) is 0. The van der Waals surface area contributed by atoms with Crippen LogP contribution in [0.3, 0.4) is 0 Å². The van der Waals surface area contributed by atoms with Gasteiger partial charge < -0.3 is 0 Å². The van der Waals surface area contributed by atoms with Crippen molar-refractivity contribution in [3.8, 4) is 0 Å². The zero-order chi connectivity index (χ0) is 8.73. The molecule has 0 aromatic heterocycles. The van der Waals surface area contributed by atoms with Crippen molar-refractivity contribution in [2.75, 3.05) is 0 Å². The molecule has 0 aromatic carbocycles. The van der Waals surface area contributed by atoms with Gasteiger partial charge in [-0.15, -0.1) is 0 Å². The molecule has 0 spiro atoms. The number of rotatable bonds is 1. The smallest absolute Gasteiger partial charge is 0.0264 e. The van der Waals surface area contributed by atoms with Crippen molar-refractivity contribution < 1.29 is 4.11 Å². The molecular formula is C7H18. The highest BCUT2D eigenvalue weighted by molar-refractivity contribution is 4.12. The predicted octanol–water partition coefficient (Wildman–Crippen LogP) is 3.22. The summed E-state index contributed by atoms with van der Waals surface area (Å²) < 4.78 is 20.3. The molecule has 0 N–H and O–H groups in total. The Bertz CT molecular complexity index is 51.1. The first kappa shape index (κ1) is 3.94. The maximum Gasteiger partial charge on any atom is 0.0264 e. The van der Waals surface area contributed by atoms with Gasteiger partial charge in [0.1, 0.15) is 0 Å². The number of hydrogen-bond donors (Lipinski definition) is 0. The van der Waals surface area contributed by atoms with E-state index in [4.69, 9.17) is 4.11 Å². The molecule has 0 amide bonds. The SMILES string of the molecule is [3H]C(C)C.[3H]C(C)C([3H])C. The van der Waals surface area contributed by atoms with Gasteiger partial charge in [-0.1, -0.05) is 46.9 Å². The van der Waals surface area contributed by atoms with Gasteiger partial charge in [0.25, 0.3) is 0 Å². The van der Waals surface area contributed by atoms with Crippen LogP contribution in [0.1, 0.15) is 51.0 Å².